The number of halogens is 1. The van der Waals surface area contributed by atoms with Crippen molar-refractivity contribution in [1.29, 1.82) is 0 Å². The normalized spacial score (nSPS) is 33.0. The van der Waals surface area contributed by atoms with Gasteiger partial charge in [0, 0.05) is 11.9 Å². The van der Waals surface area contributed by atoms with Crippen LogP contribution in [0.3, 0.4) is 0 Å². The molecule has 1 saturated carbocycles. The Kier molecular flexibility index (Phi) is 3.86. The smallest absolute Gasteiger partial charge is 0.0577 e. The van der Waals surface area contributed by atoms with Gasteiger partial charge in [-0.3, -0.25) is 0 Å². The molecular weight excluding hydrogens is 204 g/mol. The van der Waals surface area contributed by atoms with E-state index >= 15 is 0 Å². The topological polar surface area (TPSA) is 9.23 Å². The summed E-state index contributed by atoms with van der Waals surface area (Å²) in [4.78, 5) is 0.735. The highest BCUT2D eigenvalue weighted by Crippen LogP contribution is 2.37. The van der Waals surface area contributed by atoms with Gasteiger partial charge in [-0.05, 0) is 25.2 Å². The quantitative estimate of drug-likeness (QED) is 0.663. The van der Waals surface area contributed by atoms with Gasteiger partial charge in [0.1, 0.15) is 0 Å². The van der Waals surface area contributed by atoms with Crippen molar-refractivity contribution in [2.24, 2.45) is 5.92 Å². The van der Waals surface area contributed by atoms with E-state index in [1.54, 1.807) is 0 Å². The maximum Gasteiger partial charge on any atom is 0.0577 e. The zero-order valence-corrected chi connectivity index (χ0v) is 8.93. The van der Waals surface area contributed by atoms with E-state index in [1.807, 2.05) is 7.11 Å². The Balaban J connectivity index is 2.10. The fraction of sp³-hybridized carbons (Fsp3) is 1.00. The second-order valence-electron chi connectivity index (χ2n) is 3.39. The van der Waals surface area contributed by atoms with Crippen molar-refractivity contribution >= 4 is 15.9 Å². The van der Waals surface area contributed by atoms with Gasteiger partial charge in [-0.25, -0.2) is 0 Å². The van der Waals surface area contributed by atoms with Crippen LogP contribution in [0.5, 0.6) is 0 Å². The van der Waals surface area contributed by atoms with Gasteiger partial charge < -0.3 is 4.74 Å². The summed E-state index contributed by atoms with van der Waals surface area (Å²) in [5, 5.41) is 0. The second-order valence-corrected chi connectivity index (χ2v) is 4.57. The standard InChI is InChI=1S/C9H17BrO/c1-3-4-9(10)7-5-8(6-7)11-2/h7-9H,3-6H2,1-2H3. The maximum atomic E-state index is 5.22. The number of methoxy groups -OCH3 is 1. The summed E-state index contributed by atoms with van der Waals surface area (Å²) in [6.07, 6.45) is 5.65. The molecule has 1 fully saturated rings. The zero-order chi connectivity index (χ0) is 8.27. The van der Waals surface area contributed by atoms with Gasteiger partial charge in [0.05, 0.1) is 6.10 Å². The van der Waals surface area contributed by atoms with Gasteiger partial charge in [-0.1, -0.05) is 29.3 Å². The highest BCUT2D eigenvalue weighted by Gasteiger charge is 2.33. The summed E-state index contributed by atoms with van der Waals surface area (Å²) >= 11 is 3.72. The Morgan fingerprint density at radius 1 is 1.55 bits per heavy atom. The summed E-state index contributed by atoms with van der Waals surface area (Å²) in [6, 6.07) is 0. The first-order valence-electron chi connectivity index (χ1n) is 4.44. The molecule has 0 aromatic heterocycles. The van der Waals surface area contributed by atoms with Crippen molar-refractivity contribution in [1.82, 2.24) is 0 Å². The van der Waals surface area contributed by atoms with E-state index < -0.39 is 0 Å². The lowest BCUT2D eigenvalue weighted by Gasteiger charge is -2.37. The van der Waals surface area contributed by atoms with Crippen molar-refractivity contribution < 1.29 is 4.74 Å². The Labute approximate surface area is 77.6 Å². The van der Waals surface area contributed by atoms with Crippen molar-refractivity contribution in [3.8, 4) is 0 Å². The zero-order valence-electron chi connectivity index (χ0n) is 7.35. The summed E-state index contributed by atoms with van der Waals surface area (Å²) in [5.74, 6) is 0.875. The molecule has 0 spiro atoms. The molecule has 1 atom stereocenters. The number of alkyl halides is 1. The molecule has 0 aromatic rings. The van der Waals surface area contributed by atoms with E-state index in [4.69, 9.17) is 4.74 Å². The van der Waals surface area contributed by atoms with E-state index in [0.29, 0.717) is 6.10 Å². The first-order chi connectivity index (χ1) is 5.27. The lowest BCUT2D eigenvalue weighted by Crippen LogP contribution is -2.35. The monoisotopic (exact) mass is 220 g/mol. The van der Waals surface area contributed by atoms with Crippen LogP contribution in [0.15, 0.2) is 0 Å². The molecule has 0 aromatic carbocycles. The Morgan fingerprint density at radius 3 is 2.64 bits per heavy atom. The fourth-order valence-corrected chi connectivity index (χ4v) is 2.50. The Morgan fingerprint density at radius 2 is 2.18 bits per heavy atom. The largest absolute Gasteiger partial charge is 0.381 e. The Bertz CT molecular complexity index is 110. The molecule has 1 aliphatic rings. The van der Waals surface area contributed by atoms with Crippen LogP contribution in [-0.2, 0) is 4.74 Å². The molecule has 1 rings (SSSR count). The van der Waals surface area contributed by atoms with E-state index in [1.165, 1.54) is 25.7 Å². The van der Waals surface area contributed by atoms with Crippen LogP contribution < -0.4 is 0 Å². The molecule has 0 radical (unpaired) electrons. The van der Waals surface area contributed by atoms with E-state index in [0.717, 1.165) is 10.7 Å². The molecule has 1 unspecified atom stereocenters. The summed E-state index contributed by atoms with van der Waals surface area (Å²) < 4.78 is 5.22. The summed E-state index contributed by atoms with van der Waals surface area (Å²) in [5.41, 5.74) is 0. The molecule has 1 nitrogen and oxygen atoms in total. The fourth-order valence-electron chi connectivity index (χ4n) is 1.61. The first kappa shape index (κ1) is 9.53. The molecule has 0 bridgehead atoms. The molecule has 1 aliphatic carbocycles. The molecule has 0 heterocycles. The van der Waals surface area contributed by atoms with Crippen LogP contribution in [0.4, 0.5) is 0 Å². The second kappa shape index (κ2) is 4.46. The van der Waals surface area contributed by atoms with Crippen LogP contribution in [0.2, 0.25) is 0 Å². The van der Waals surface area contributed by atoms with Crippen molar-refractivity contribution in [2.75, 3.05) is 7.11 Å². The molecule has 66 valence electrons. The van der Waals surface area contributed by atoms with Crippen LogP contribution in [-0.4, -0.2) is 18.0 Å². The van der Waals surface area contributed by atoms with E-state index in [2.05, 4.69) is 22.9 Å². The number of hydrogen-bond acceptors (Lipinski definition) is 1. The van der Waals surface area contributed by atoms with Gasteiger partial charge in [-0.15, -0.1) is 0 Å². The number of hydrogen-bond donors (Lipinski definition) is 0. The molecule has 0 saturated heterocycles. The van der Waals surface area contributed by atoms with Crippen molar-refractivity contribution in [3.05, 3.63) is 0 Å². The average Bonchev–Trinajstić information content (AvgIpc) is 1.86. The molecule has 0 N–H and O–H groups in total. The minimum Gasteiger partial charge on any atom is -0.381 e. The highest BCUT2D eigenvalue weighted by atomic mass is 79.9. The first-order valence-corrected chi connectivity index (χ1v) is 5.36. The van der Waals surface area contributed by atoms with E-state index in [9.17, 15) is 0 Å². The van der Waals surface area contributed by atoms with E-state index in [-0.39, 0.29) is 0 Å². The predicted molar refractivity (Wildman–Crippen MR) is 51.1 cm³/mol. The molecule has 0 aliphatic heterocycles. The SMILES string of the molecule is CCCC(Br)C1CC(OC)C1. The van der Waals surface area contributed by atoms with Crippen LogP contribution in [0.25, 0.3) is 0 Å². The molecule has 2 heteroatoms. The third kappa shape index (κ3) is 2.45. The summed E-state index contributed by atoms with van der Waals surface area (Å²) in [6.45, 7) is 2.24. The maximum absolute atomic E-state index is 5.22. The third-order valence-electron chi connectivity index (χ3n) is 2.54. The number of ether oxygens (including phenoxy) is 1. The minimum atomic E-state index is 0.553. The van der Waals surface area contributed by atoms with Crippen molar-refractivity contribution in [2.45, 2.75) is 43.5 Å². The minimum absolute atomic E-state index is 0.553. The van der Waals surface area contributed by atoms with Crippen LogP contribution in [0, 0.1) is 5.92 Å². The average molecular weight is 221 g/mol. The molecule has 11 heavy (non-hydrogen) atoms. The lowest BCUT2D eigenvalue weighted by molar-refractivity contribution is 0.000610. The molecular formula is C9H17BrO. The van der Waals surface area contributed by atoms with Gasteiger partial charge in [0.15, 0.2) is 0 Å². The number of rotatable bonds is 4. The van der Waals surface area contributed by atoms with Crippen LogP contribution in [0.1, 0.15) is 32.6 Å². The third-order valence-corrected chi connectivity index (χ3v) is 3.75. The Hall–Kier alpha value is 0.440. The molecule has 0 amide bonds. The predicted octanol–water partition coefficient (Wildman–Crippen LogP) is 2.98. The van der Waals surface area contributed by atoms with Gasteiger partial charge in [0.2, 0.25) is 0 Å². The van der Waals surface area contributed by atoms with Gasteiger partial charge in [0.25, 0.3) is 0 Å². The van der Waals surface area contributed by atoms with Crippen molar-refractivity contribution in [3.63, 3.8) is 0 Å². The highest BCUT2D eigenvalue weighted by molar-refractivity contribution is 9.09. The van der Waals surface area contributed by atoms with Gasteiger partial charge in [-0.2, -0.15) is 0 Å². The van der Waals surface area contributed by atoms with Crippen LogP contribution >= 0.6 is 15.9 Å². The van der Waals surface area contributed by atoms with Gasteiger partial charge >= 0.3 is 0 Å². The lowest BCUT2D eigenvalue weighted by atomic mass is 9.79. The summed E-state index contributed by atoms with van der Waals surface area (Å²) in [7, 11) is 1.81.